The molecule has 4 heteroatoms. The molecule has 0 bridgehead atoms. The molecule has 18 heavy (non-hydrogen) atoms. The van der Waals surface area contributed by atoms with Crippen molar-refractivity contribution in [1.29, 1.82) is 0 Å². The van der Waals surface area contributed by atoms with E-state index >= 15 is 0 Å². The van der Waals surface area contributed by atoms with Gasteiger partial charge in [0.05, 0.1) is 5.56 Å². The molecule has 0 amide bonds. The summed E-state index contributed by atoms with van der Waals surface area (Å²) in [6.07, 6.45) is -3.83. The lowest BCUT2D eigenvalue weighted by molar-refractivity contribution is -0.138. The summed E-state index contributed by atoms with van der Waals surface area (Å²) in [6.45, 7) is 0. The summed E-state index contributed by atoms with van der Waals surface area (Å²) >= 11 is 2.93. The van der Waals surface area contributed by atoms with Gasteiger partial charge in [0, 0.05) is 4.47 Å². The van der Waals surface area contributed by atoms with Crippen LogP contribution in [0.2, 0.25) is 0 Å². The van der Waals surface area contributed by atoms with Crippen LogP contribution in [-0.4, -0.2) is 0 Å². The highest BCUT2D eigenvalue weighted by Gasteiger charge is 2.32. The smallest absolute Gasteiger partial charge is 0.166 e. The monoisotopic (exact) mass is 314 g/mol. The summed E-state index contributed by atoms with van der Waals surface area (Å²) in [4.78, 5) is 0. The summed E-state index contributed by atoms with van der Waals surface area (Å²) in [5.41, 5.74) is 1.01. The van der Waals surface area contributed by atoms with E-state index in [1.165, 1.54) is 12.1 Å². The molecule has 0 unspecified atom stereocenters. The third-order valence-corrected chi connectivity index (χ3v) is 3.28. The van der Waals surface area contributed by atoms with Crippen molar-refractivity contribution in [2.75, 3.05) is 0 Å². The predicted molar refractivity (Wildman–Crippen MR) is 68.4 cm³/mol. The predicted octanol–water partition coefficient (Wildman–Crippen LogP) is 5.06. The van der Waals surface area contributed by atoms with Crippen LogP contribution in [-0.2, 0) is 12.6 Å². The highest BCUT2D eigenvalue weighted by atomic mass is 79.9. The average molecular weight is 315 g/mol. The summed E-state index contributed by atoms with van der Waals surface area (Å²) in [6, 6.07) is 13.8. The summed E-state index contributed by atoms with van der Waals surface area (Å²) < 4.78 is 38.3. The summed E-state index contributed by atoms with van der Waals surface area (Å²) in [7, 11) is 0. The molecule has 0 spiro atoms. The van der Waals surface area contributed by atoms with Gasteiger partial charge >= 0.3 is 6.18 Å². The normalized spacial score (nSPS) is 11.6. The Bertz CT molecular complexity index is 532. The number of alkyl halides is 3. The van der Waals surface area contributed by atoms with Gasteiger partial charge in [-0.1, -0.05) is 52.3 Å². The fourth-order valence-electron chi connectivity index (χ4n) is 1.73. The molecule has 0 atom stereocenters. The first-order chi connectivity index (χ1) is 8.47. The average Bonchev–Trinajstić information content (AvgIpc) is 2.31. The van der Waals surface area contributed by atoms with Crippen LogP contribution in [0.25, 0.3) is 0 Å². The van der Waals surface area contributed by atoms with Crippen LogP contribution in [0.5, 0.6) is 0 Å². The second kappa shape index (κ2) is 5.14. The number of hydrogen-bond donors (Lipinski definition) is 0. The third-order valence-electron chi connectivity index (χ3n) is 2.59. The lowest BCUT2D eigenvalue weighted by atomic mass is 10.0. The lowest BCUT2D eigenvalue weighted by Crippen LogP contribution is -2.06. The van der Waals surface area contributed by atoms with Crippen LogP contribution >= 0.6 is 15.9 Å². The van der Waals surface area contributed by atoms with Gasteiger partial charge in [0.2, 0.25) is 0 Å². The van der Waals surface area contributed by atoms with Gasteiger partial charge < -0.3 is 0 Å². The molecule has 0 heterocycles. The van der Waals surface area contributed by atoms with Crippen molar-refractivity contribution in [3.05, 3.63) is 69.7 Å². The third kappa shape index (κ3) is 3.13. The van der Waals surface area contributed by atoms with Gasteiger partial charge in [-0.15, -0.1) is 0 Å². The van der Waals surface area contributed by atoms with Crippen molar-refractivity contribution < 1.29 is 13.2 Å². The Morgan fingerprint density at radius 2 is 1.56 bits per heavy atom. The molecule has 0 aliphatic rings. The maximum atomic E-state index is 12.7. The largest absolute Gasteiger partial charge is 0.417 e. The quantitative estimate of drug-likeness (QED) is 0.727. The molecule has 0 nitrogen and oxygen atoms in total. The van der Waals surface area contributed by atoms with Crippen molar-refractivity contribution in [3.8, 4) is 0 Å². The Balaban J connectivity index is 2.31. The molecule has 0 fully saturated rings. The maximum Gasteiger partial charge on any atom is 0.417 e. The van der Waals surface area contributed by atoms with E-state index in [2.05, 4.69) is 15.9 Å². The zero-order valence-corrected chi connectivity index (χ0v) is 10.9. The molecule has 0 radical (unpaired) electrons. The van der Waals surface area contributed by atoms with Gasteiger partial charge in [-0.25, -0.2) is 0 Å². The molecule has 0 saturated carbocycles. The summed E-state index contributed by atoms with van der Waals surface area (Å²) in [5, 5.41) is 0. The Labute approximate surface area is 112 Å². The molecule has 94 valence electrons. The van der Waals surface area contributed by atoms with Crippen molar-refractivity contribution in [1.82, 2.24) is 0 Å². The first kappa shape index (κ1) is 13.1. The number of halogens is 4. The highest BCUT2D eigenvalue weighted by Crippen LogP contribution is 2.35. The first-order valence-corrected chi connectivity index (χ1v) is 6.15. The fourth-order valence-corrected chi connectivity index (χ4v) is 2.20. The second-order valence-electron chi connectivity index (χ2n) is 3.97. The van der Waals surface area contributed by atoms with Crippen LogP contribution in [0.3, 0.4) is 0 Å². The van der Waals surface area contributed by atoms with E-state index in [-0.39, 0.29) is 4.47 Å². The zero-order valence-electron chi connectivity index (χ0n) is 9.34. The number of benzene rings is 2. The summed E-state index contributed by atoms with van der Waals surface area (Å²) in [5.74, 6) is 0. The molecule has 2 rings (SSSR count). The molecule has 0 N–H and O–H groups in total. The van der Waals surface area contributed by atoms with Gasteiger partial charge in [-0.2, -0.15) is 13.2 Å². The number of hydrogen-bond acceptors (Lipinski definition) is 0. The molecular weight excluding hydrogens is 305 g/mol. The SMILES string of the molecule is FC(F)(F)c1cc(Cc2ccccc2)ccc1Br. The van der Waals surface area contributed by atoms with E-state index in [9.17, 15) is 13.2 Å². The second-order valence-corrected chi connectivity index (χ2v) is 4.83. The van der Waals surface area contributed by atoms with Gasteiger partial charge in [0.25, 0.3) is 0 Å². The molecule has 0 saturated heterocycles. The minimum absolute atomic E-state index is 0.0758. The van der Waals surface area contributed by atoms with Crippen LogP contribution in [0.1, 0.15) is 16.7 Å². The van der Waals surface area contributed by atoms with E-state index in [1.54, 1.807) is 6.07 Å². The Kier molecular flexibility index (Phi) is 3.76. The van der Waals surface area contributed by atoms with E-state index in [4.69, 9.17) is 0 Å². The van der Waals surface area contributed by atoms with E-state index in [1.807, 2.05) is 30.3 Å². The van der Waals surface area contributed by atoms with Gasteiger partial charge in [0.1, 0.15) is 0 Å². The van der Waals surface area contributed by atoms with Crippen LogP contribution in [0.4, 0.5) is 13.2 Å². The molecule has 2 aromatic carbocycles. The van der Waals surface area contributed by atoms with Gasteiger partial charge in [-0.05, 0) is 29.7 Å². The zero-order chi connectivity index (χ0) is 13.2. The van der Waals surface area contributed by atoms with Crippen LogP contribution < -0.4 is 0 Å². The van der Waals surface area contributed by atoms with Crippen molar-refractivity contribution >= 4 is 15.9 Å². The van der Waals surface area contributed by atoms with Crippen molar-refractivity contribution in [2.45, 2.75) is 12.6 Å². The van der Waals surface area contributed by atoms with Crippen LogP contribution in [0.15, 0.2) is 53.0 Å². The van der Waals surface area contributed by atoms with Gasteiger partial charge in [-0.3, -0.25) is 0 Å². The van der Waals surface area contributed by atoms with Crippen LogP contribution in [0, 0.1) is 0 Å². The minimum Gasteiger partial charge on any atom is -0.166 e. The fraction of sp³-hybridized carbons (Fsp3) is 0.143. The highest BCUT2D eigenvalue weighted by molar-refractivity contribution is 9.10. The number of rotatable bonds is 2. The molecule has 0 aliphatic heterocycles. The maximum absolute atomic E-state index is 12.7. The Morgan fingerprint density at radius 1 is 0.889 bits per heavy atom. The van der Waals surface area contributed by atoms with E-state index in [0.717, 1.165) is 5.56 Å². The standard InChI is InChI=1S/C14H10BrF3/c15-13-7-6-11(9-12(13)14(16,17)18)8-10-4-2-1-3-5-10/h1-7,9H,8H2. The first-order valence-electron chi connectivity index (χ1n) is 5.36. The molecule has 0 aliphatic carbocycles. The van der Waals surface area contributed by atoms with Crippen molar-refractivity contribution in [2.24, 2.45) is 0 Å². The molecule has 0 aromatic heterocycles. The minimum atomic E-state index is -4.33. The lowest BCUT2D eigenvalue weighted by Gasteiger charge is -2.11. The van der Waals surface area contributed by atoms with Gasteiger partial charge in [0.15, 0.2) is 0 Å². The Morgan fingerprint density at radius 3 is 2.17 bits per heavy atom. The van der Waals surface area contributed by atoms with Crippen molar-refractivity contribution in [3.63, 3.8) is 0 Å². The molecule has 2 aromatic rings. The Hall–Kier alpha value is -1.29. The van der Waals surface area contributed by atoms with E-state index in [0.29, 0.717) is 12.0 Å². The molecular formula is C14H10BrF3. The topological polar surface area (TPSA) is 0 Å². The van der Waals surface area contributed by atoms with E-state index < -0.39 is 11.7 Å².